The Hall–Kier alpha value is -5.61. The maximum Gasteiger partial charge on any atom is 0.261 e. The molecule has 6 rings (SSSR count). The molecule has 6 amide bonds. The normalized spacial score (nSPS) is 23.7. The second-order valence-electron chi connectivity index (χ2n) is 13.4. The molecule has 6 N–H and O–H groups in total. The number of aliphatic hydroxyl groups excluding tert-OH is 1. The molecule has 54 heavy (non-hydrogen) atoms. The molecule has 0 unspecified atom stereocenters. The number of fused-ring (bicyclic) bond motifs is 16. The minimum absolute atomic E-state index is 0.0592. The average molecular weight is 761 g/mol. The molecule has 15 nitrogen and oxygen atoms in total. The first-order valence-electron chi connectivity index (χ1n) is 17.6. The largest absolute Gasteiger partial charge is 0.484 e. The van der Waals surface area contributed by atoms with E-state index in [0.717, 1.165) is 22.5 Å². The molecular weight excluding hydrogens is 717 g/mol. The van der Waals surface area contributed by atoms with Gasteiger partial charge in [-0.15, -0.1) is 11.3 Å². The molecule has 0 radical (unpaired) electrons. The van der Waals surface area contributed by atoms with Crippen LogP contribution in [-0.4, -0.2) is 107 Å². The fraction of sp³-hybridized carbons (Fsp3) is 0.395. The number of aliphatic hydroxyl groups is 1. The van der Waals surface area contributed by atoms with Crippen LogP contribution in [-0.2, 0) is 36.8 Å². The first-order chi connectivity index (χ1) is 25.8. The highest BCUT2D eigenvalue weighted by atomic mass is 32.1. The number of rotatable bonds is 6. The summed E-state index contributed by atoms with van der Waals surface area (Å²) in [5, 5.41) is 24.0. The summed E-state index contributed by atoms with van der Waals surface area (Å²) in [6.45, 7) is 3.86. The zero-order chi connectivity index (χ0) is 38.9. The maximum atomic E-state index is 14.5. The van der Waals surface area contributed by atoms with E-state index >= 15 is 0 Å². The quantitative estimate of drug-likeness (QED) is 0.152. The van der Waals surface area contributed by atoms with Gasteiger partial charge < -0.3 is 41.3 Å². The van der Waals surface area contributed by atoms with Crippen molar-refractivity contribution in [2.45, 2.75) is 76.3 Å². The zero-order valence-corrected chi connectivity index (χ0v) is 30.9. The first-order valence-corrected chi connectivity index (χ1v) is 18.4. The molecule has 0 saturated carbocycles. The molecule has 1 saturated heterocycles. The number of carbonyl (C=O) groups excluding carboxylic acids is 7. The van der Waals surface area contributed by atoms with Gasteiger partial charge in [0.2, 0.25) is 23.6 Å². The highest BCUT2D eigenvalue weighted by Gasteiger charge is 2.44. The van der Waals surface area contributed by atoms with Crippen molar-refractivity contribution in [2.75, 3.05) is 19.7 Å². The smallest absolute Gasteiger partial charge is 0.261 e. The molecular formula is C38H44N6O9S. The summed E-state index contributed by atoms with van der Waals surface area (Å²) < 4.78 is 5.71. The van der Waals surface area contributed by atoms with Crippen LogP contribution in [0.1, 0.15) is 57.7 Å². The topological polar surface area (TPSA) is 212 Å². The van der Waals surface area contributed by atoms with Crippen LogP contribution in [0.15, 0.2) is 66.7 Å². The highest BCUT2D eigenvalue weighted by Crippen LogP contribution is 2.23. The molecule has 3 aliphatic heterocycles. The second kappa shape index (κ2) is 17.9. The lowest BCUT2D eigenvalue weighted by Gasteiger charge is -2.30. The fourth-order valence-corrected chi connectivity index (χ4v) is 7.04. The third kappa shape index (κ3) is 10.3. The van der Waals surface area contributed by atoms with Gasteiger partial charge in [-0.3, -0.25) is 33.6 Å². The van der Waals surface area contributed by atoms with E-state index in [-0.39, 0.29) is 36.6 Å². The van der Waals surface area contributed by atoms with Gasteiger partial charge in [0, 0.05) is 25.6 Å². The van der Waals surface area contributed by atoms with Crippen LogP contribution in [0.25, 0.3) is 0 Å². The number of Topliss-reactive ketones (excluding diaryl/α,β-unsaturated/α-hetero) is 1. The van der Waals surface area contributed by atoms with Gasteiger partial charge in [-0.1, -0.05) is 42.5 Å². The van der Waals surface area contributed by atoms with Gasteiger partial charge in [-0.05, 0) is 69.0 Å². The van der Waals surface area contributed by atoms with Crippen molar-refractivity contribution in [3.05, 3.63) is 87.6 Å². The van der Waals surface area contributed by atoms with E-state index in [9.17, 15) is 38.7 Å². The maximum absolute atomic E-state index is 14.5. The van der Waals surface area contributed by atoms with Gasteiger partial charge >= 0.3 is 0 Å². The van der Waals surface area contributed by atoms with E-state index < -0.39 is 78.4 Å². The number of nitrogens with zero attached hydrogens (tertiary/aromatic N) is 1. The Morgan fingerprint density at radius 2 is 1.63 bits per heavy atom. The predicted molar refractivity (Wildman–Crippen MR) is 198 cm³/mol. The SMILES string of the molecule is CC(=O)c1ccc(C(=O)N[C@H]2C[C@H]3C(=O)N[C@@H]([C@@H](C)O)C(=O)N[C@@H](C)C(=O)NCCc4ccc(cc4)OCC(=O)N[C@@H](Cc4ccccc4)C(=O)N3C2)s1. The molecule has 4 heterocycles. The van der Waals surface area contributed by atoms with Crippen LogP contribution in [0, 0.1) is 0 Å². The van der Waals surface area contributed by atoms with Crippen LogP contribution in [0.3, 0.4) is 0 Å². The van der Waals surface area contributed by atoms with Gasteiger partial charge in [0.05, 0.1) is 15.9 Å². The van der Waals surface area contributed by atoms with Crippen LogP contribution in [0.4, 0.5) is 0 Å². The van der Waals surface area contributed by atoms with Gasteiger partial charge in [-0.2, -0.15) is 0 Å². The minimum Gasteiger partial charge on any atom is -0.484 e. The molecule has 1 fully saturated rings. The number of hydrogen-bond donors (Lipinski definition) is 6. The molecule has 2 aromatic carbocycles. The molecule has 286 valence electrons. The number of benzene rings is 2. The fourth-order valence-electron chi connectivity index (χ4n) is 6.23. The van der Waals surface area contributed by atoms with E-state index in [2.05, 4.69) is 26.6 Å². The molecule has 16 heteroatoms. The van der Waals surface area contributed by atoms with E-state index in [0.29, 0.717) is 17.0 Å². The Morgan fingerprint density at radius 3 is 2.30 bits per heavy atom. The molecule has 0 spiro atoms. The van der Waals surface area contributed by atoms with Gasteiger partial charge in [0.25, 0.3) is 11.8 Å². The second-order valence-corrected chi connectivity index (χ2v) is 14.5. The summed E-state index contributed by atoms with van der Waals surface area (Å²) in [7, 11) is 0. The van der Waals surface area contributed by atoms with Crippen LogP contribution >= 0.6 is 11.3 Å². The number of carbonyl (C=O) groups is 7. The summed E-state index contributed by atoms with van der Waals surface area (Å²) >= 11 is 1.01. The Balaban J connectivity index is 1.46. The Kier molecular flexibility index (Phi) is 13.2. The lowest BCUT2D eigenvalue weighted by molar-refractivity contribution is -0.143. The lowest BCUT2D eigenvalue weighted by Crippen LogP contribution is -2.60. The van der Waals surface area contributed by atoms with E-state index in [1.165, 1.54) is 37.8 Å². The van der Waals surface area contributed by atoms with Crippen molar-refractivity contribution in [1.82, 2.24) is 31.5 Å². The number of thiophene rings is 1. The molecule has 3 aromatic rings. The van der Waals surface area contributed by atoms with Crippen LogP contribution < -0.4 is 31.3 Å². The van der Waals surface area contributed by atoms with Gasteiger partial charge in [-0.25, -0.2) is 0 Å². The number of ether oxygens (including phenoxy) is 1. The summed E-state index contributed by atoms with van der Waals surface area (Å²) in [4.78, 5) is 95.0. The average Bonchev–Trinajstić information content (AvgIpc) is 3.81. The zero-order valence-electron chi connectivity index (χ0n) is 30.1. The number of amides is 6. The molecule has 1 aromatic heterocycles. The third-order valence-corrected chi connectivity index (χ3v) is 10.3. The van der Waals surface area contributed by atoms with Crippen molar-refractivity contribution in [2.24, 2.45) is 0 Å². The summed E-state index contributed by atoms with van der Waals surface area (Å²) in [5.41, 5.74) is 1.60. The molecule has 0 aliphatic carbocycles. The Morgan fingerprint density at radius 1 is 0.926 bits per heavy atom. The van der Waals surface area contributed by atoms with E-state index in [1.54, 1.807) is 48.5 Å². The van der Waals surface area contributed by atoms with Crippen molar-refractivity contribution in [3.63, 3.8) is 0 Å². The van der Waals surface area contributed by atoms with Crippen LogP contribution in [0.5, 0.6) is 5.75 Å². The number of hydrogen-bond acceptors (Lipinski definition) is 10. The third-order valence-electron chi connectivity index (χ3n) is 9.14. The van der Waals surface area contributed by atoms with Crippen molar-refractivity contribution in [3.8, 4) is 5.75 Å². The standard InChI is InChI=1S/C38H44N6O9S/c1-21-34(48)39-16-15-24-9-11-27(12-10-24)53-20-32(47)42-28(17-25-7-5-4-6-8-25)38(52)44-19-26(41-36(50)31-14-13-30(54-31)22(2)45)18-29(44)35(49)43-33(23(3)46)37(51)40-21/h4-14,21,23,26,28-29,33,46H,15-20H2,1-3H3,(H,39,48)(H,40,51)(H,41,50)(H,42,47)(H,43,49)/t21-,23+,26-,28-,29-,33-/m0/s1. The summed E-state index contributed by atoms with van der Waals surface area (Å²) in [6, 6.07) is 13.3. The predicted octanol–water partition coefficient (Wildman–Crippen LogP) is 0.499. The van der Waals surface area contributed by atoms with Crippen molar-refractivity contribution < 1.29 is 43.4 Å². The Labute approximate surface area is 316 Å². The monoisotopic (exact) mass is 760 g/mol. The molecule has 3 aliphatic rings. The van der Waals surface area contributed by atoms with E-state index in [1.807, 2.05) is 6.07 Å². The first kappa shape index (κ1) is 39.6. The molecule has 2 bridgehead atoms. The minimum atomic E-state index is -1.51. The van der Waals surface area contributed by atoms with Crippen molar-refractivity contribution in [1.29, 1.82) is 0 Å². The van der Waals surface area contributed by atoms with E-state index in [4.69, 9.17) is 4.74 Å². The number of nitrogens with one attached hydrogen (secondary N) is 5. The van der Waals surface area contributed by atoms with Gasteiger partial charge in [0.1, 0.15) is 29.9 Å². The molecule has 6 atom stereocenters. The summed E-state index contributed by atoms with van der Waals surface area (Å²) in [5.74, 6) is -3.64. The highest BCUT2D eigenvalue weighted by molar-refractivity contribution is 7.16. The lowest BCUT2D eigenvalue weighted by atomic mass is 10.0. The van der Waals surface area contributed by atoms with Crippen LogP contribution in [0.2, 0.25) is 0 Å². The number of ketones is 1. The summed E-state index contributed by atoms with van der Waals surface area (Å²) in [6.07, 6.45) is -0.955. The van der Waals surface area contributed by atoms with Gasteiger partial charge in [0.15, 0.2) is 12.4 Å². The van der Waals surface area contributed by atoms with Crippen molar-refractivity contribution >= 4 is 52.6 Å². The Bertz CT molecular complexity index is 1870.